The Morgan fingerprint density at radius 2 is 2.14 bits per heavy atom. The maximum Gasteiger partial charge on any atom is 0.0516 e. The molecule has 2 heterocycles. The Kier molecular flexibility index (Phi) is 4.38. The molecule has 2 saturated heterocycles. The van der Waals surface area contributed by atoms with Gasteiger partial charge in [0.25, 0.3) is 0 Å². The Morgan fingerprint density at radius 1 is 1.43 bits per heavy atom. The summed E-state index contributed by atoms with van der Waals surface area (Å²) >= 11 is 2.03. The number of hydrogen-bond acceptors (Lipinski definition) is 3. The van der Waals surface area contributed by atoms with Gasteiger partial charge in [-0.2, -0.15) is 11.8 Å². The second-order valence-electron chi connectivity index (χ2n) is 3.84. The van der Waals surface area contributed by atoms with Crippen molar-refractivity contribution in [3.63, 3.8) is 0 Å². The minimum absolute atomic E-state index is 0. The van der Waals surface area contributed by atoms with E-state index in [2.05, 4.69) is 15.3 Å². The molecule has 2 rings (SSSR count). The minimum Gasteiger partial charge on any atom is -0.311 e. The molecule has 1 unspecified atom stereocenters. The van der Waals surface area contributed by atoms with Crippen LogP contribution in [0, 0.1) is 0 Å². The summed E-state index contributed by atoms with van der Waals surface area (Å²) in [5.74, 6) is 2.49. The van der Waals surface area contributed by atoms with Gasteiger partial charge in [-0.05, 0) is 36.3 Å². The first kappa shape index (κ1) is 12.0. The predicted octanol–water partition coefficient (Wildman–Crippen LogP) is 2.35. The number of rotatable bonds is 1. The molecule has 1 atom stereocenters. The van der Waals surface area contributed by atoms with Gasteiger partial charge in [0, 0.05) is 17.0 Å². The van der Waals surface area contributed by atoms with Crippen LogP contribution in [0.3, 0.4) is 0 Å². The first-order chi connectivity index (χ1) is 6.35. The van der Waals surface area contributed by atoms with Crippen LogP contribution in [0.2, 0.25) is 0 Å². The molecule has 2 fully saturated rings. The van der Waals surface area contributed by atoms with Crippen LogP contribution in [0.1, 0.15) is 19.3 Å². The van der Waals surface area contributed by atoms with Crippen molar-refractivity contribution in [1.29, 1.82) is 0 Å². The molecule has 2 aliphatic heterocycles. The maximum atomic E-state index is 8.34. The third-order valence-electron chi connectivity index (χ3n) is 3.00. The molecule has 6 heteroatoms. The van der Waals surface area contributed by atoms with Crippen molar-refractivity contribution in [2.45, 2.75) is 30.8 Å². The van der Waals surface area contributed by atoms with Crippen LogP contribution in [0.4, 0.5) is 0 Å². The minimum atomic E-state index is 0. The third kappa shape index (κ3) is 2.48. The molecule has 0 amide bonds. The Morgan fingerprint density at radius 3 is 2.79 bits per heavy atom. The smallest absolute Gasteiger partial charge is 0.0516 e. The fourth-order valence-corrected chi connectivity index (χ4v) is 3.50. The van der Waals surface area contributed by atoms with Crippen LogP contribution in [0.5, 0.6) is 0 Å². The highest BCUT2D eigenvalue weighted by molar-refractivity contribution is 7.99. The number of hydrogen-bond donors (Lipinski definition) is 1. The van der Waals surface area contributed by atoms with Crippen LogP contribution in [-0.4, -0.2) is 29.6 Å². The quantitative estimate of drug-likeness (QED) is 0.430. The molecule has 0 saturated carbocycles. The van der Waals surface area contributed by atoms with Gasteiger partial charge < -0.3 is 5.32 Å². The zero-order valence-corrected chi connectivity index (χ0v) is 9.61. The van der Waals surface area contributed by atoms with Crippen molar-refractivity contribution >= 4 is 24.2 Å². The number of azide groups is 1. The molecule has 1 N–H and O–H groups in total. The lowest BCUT2D eigenvalue weighted by Crippen LogP contribution is -2.42. The number of thioether (sulfide) groups is 1. The van der Waals surface area contributed by atoms with Gasteiger partial charge in [-0.25, -0.2) is 0 Å². The van der Waals surface area contributed by atoms with Crippen molar-refractivity contribution in [2.75, 3.05) is 18.1 Å². The largest absolute Gasteiger partial charge is 0.311 e. The van der Waals surface area contributed by atoms with E-state index in [1.165, 1.54) is 24.3 Å². The summed E-state index contributed by atoms with van der Waals surface area (Å²) in [6.45, 7) is 0.870. The second kappa shape index (κ2) is 5.12. The lowest BCUT2D eigenvalue weighted by atomic mass is 9.90. The Hall–Kier alpha value is -0.0900. The van der Waals surface area contributed by atoms with Crippen molar-refractivity contribution in [3.8, 4) is 0 Å². The molecule has 4 nitrogen and oxygen atoms in total. The number of halogens is 1. The van der Waals surface area contributed by atoms with E-state index >= 15 is 0 Å². The van der Waals surface area contributed by atoms with Gasteiger partial charge in [0.2, 0.25) is 0 Å². The van der Waals surface area contributed by atoms with Crippen molar-refractivity contribution in [2.24, 2.45) is 5.11 Å². The van der Waals surface area contributed by atoms with E-state index in [9.17, 15) is 0 Å². The van der Waals surface area contributed by atoms with Crippen LogP contribution in [0.15, 0.2) is 5.11 Å². The fraction of sp³-hybridized carbons (Fsp3) is 1.00. The van der Waals surface area contributed by atoms with Gasteiger partial charge in [-0.15, -0.1) is 12.4 Å². The molecule has 0 aromatic heterocycles. The molecule has 0 aliphatic carbocycles. The first-order valence-corrected chi connectivity index (χ1v) is 5.87. The van der Waals surface area contributed by atoms with Crippen molar-refractivity contribution in [1.82, 2.24) is 5.32 Å². The standard InChI is InChI=1S/C8H14N4S.ClH/c9-12-11-7-5-8(10-6-7)1-3-13-4-2-8;/h7,10H,1-6H2;1H. The summed E-state index contributed by atoms with van der Waals surface area (Å²) in [5.41, 5.74) is 8.65. The summed E-state index contributed by atoms with van der Waals surface area (Å²) in [7, 11) is 0. The lowest BCUT2D eigenvalue weighted by Gasteiger charge is -2.33. The van der Waals surface area contributed by atoms with Crippen molar-refractivity contribution < 1.29 is 0 Å². The predicted molar refractivity (Wildman–Crippen MR) is 62.1 cm³/mol. The number of nitrogens with one attached hydrogen (secondary N) is 1. The molecule has 0 aromatic carbocycles. The lowest BCUT2D eigenvalue weighted by molar-refractivity contribution is 0.345. The Labute approximate surface area is 94.2 Å². The van der Waals surface area contributed by atoms with Crippen LogP contribution in [-0.2, 0) is 0 Å². The summed E-state index contributed by atoms with van der Waals surface area (Å²) < 4.78 is 0. The van der Waals surface area contributed by atoms with E-state index in [-0.39, 0.29) is 18.4 Å². The average molecular weight is 235 g/mol. The molecule has 0 radical (unpaired) electrons. The average Bonchev–Trinajstić information content (AvgIpc) is 2.51. The van der Waals surface area contributed by atoms with E-state index in [1.807, 2.05) is 11.8 Å². The molecule has 0 aromatic rings. The van der Waals surface area contributed by atoms with Crippen molar-refractivity contribution in [3.05, 3.63) is 10.4 Å². The van der Waals surface area contributed by atoms with Crippen LogP contribution >= 0.6 is 24.2 Å². The Bertz CT molecular complexity index is 235. The number of nitrogens with zero attached hydrogens (tertiary/aromatic N) is 3. The van der Waals surface area contributed by atoms with E-state index in [4.69, 9.17) is 5.53 Å². The van der Waals surface area contributed by atoms with Crippen LogP contribution < -0.4 is 5.32 Å². The molecular formula is C8H15ClN4S. The first-order valence-electron chi connectivity index (χ1n) is 4.72. The topological polar surface area (TPSA) is 60.8 Å². The second-order valence-corrected chi connectivity index (χ2v) is 5.06. The maximum absolute atomic E-state index is 8.34. The van der Waals surface area contributed by atoms with Gasteiger partial charge in [-0.1, -0.05) is 5.11 Å². The van der Waals surface area contributed by atoms with Gasteiger partial charge in [-0.3, -0.25) is 0 Å². The molecule has 2 aliphatic rings. The van der Waals surface area contributed by atoms with E-state index in [1.54, 1.807) is 0 Å². The molecular weight excluding hydrogens is 220 g/mol. The highest BCUT2D eigenvalue weighted by atomic mass is 35.5. The SMILES string of the molecule is Cl.[N-]=[N+]=NC1CNC2(CCSCC2)C1. The molecule has 80 valence electrons. The zero-order chi connectivity index (χ0) is 9.15. The van der Waals surface area contributed by atoms with Crippen LogP contribution in [0.25, 0.3) is 10.4 Å². The normalized spacial score (nSPS) is 29.3. The summed E-state index contributed by atoms with van der Waals surface area (Å²) in [4.78, 5) is 2.88. The van der Waals surface area contributed by atoms with Gasteiger partial charge in [0.15, 0.2) is 0 Å². The van der Waals surface area contributed by atoms with Gasteiger partial charge in [0.1, 0.15) is 0 Å². The molecule has 0 bridgehead atoms. The highest BCUT2D eigenvalue weighted by Crippen LogP contribution is 2.34. The van der Waals surface area contributed by atoms with E-state index < -0.39 is 0 Å². The molecule has 1 spiro atoms. The summed E-state index contributed by atoms with van der Waals surface area (Å²) in [6.07, 6.45) is 3.50. The van der Waals surface area contributed by atoms with E-state index in [0.717, 1.165) is 13.0 Å². The van der Waals surface area contributed by atoms with E-state index in [0.29, 0.717) is 5.54 Å². The van der Waals surface area contributed by atoms with Gasteiger partial charge in [0.05, 0.1) is 6.04 Å². The highest BCUT2D eigenvalue weighted by Gasteiger charge is 2.38. The monoisotopic (exact) mass is 234 g/mol. The third-order valence-corrected chi connectivity index (χ3v) is 3.99. The fourth-order valence-electron chi connectivity index (χ4n) is 2.23. The Balaban J connectivity index is 0.000000980. The summed E-state index contributed by atoms with van der Waals surface area (Å²) in [6, 6.07) is 0.188. The molecule has 14 heavy (non-hydrogen) atoms. The zero-order valence-electron chi connectivity index (χ0n) is 7.98. The summed E-state index contributed by atoms with van der Waals surface area (Å²) in [5, 5.41) is 7.31. The van der Waals surface area contributed by atoms with Gasteiger partial charge >= 0.3 is 0 Å².